The van der Waals surface area contributed by atoms with E-state index in [1.54, 1.807) is 0 Å². The third-order valence-corrected chi connectivity index (χ3v) is 4.32. The highest BCUT2D eigenvalue weighted by Gasteiger charge is 2.30. The van der Waals surface area contributed by atoms with Crippen LogP contribution in [0, 0.1) is 0 Å². The summed E-state index contributed by atoms with van der Waals surface area (Å²) in [6, 6.07) is 0. The Morgan fingerprint density at radius 1 is 1.53 bits per heavy atom. The number of amides is 1. The van der Waals surface area contributed by atoms with Gasteiger partial charge in [0.05, 0.1) is 12.7 Å². The number of piperazine rings is 1. The van der Waals surface area contributed by atoms with Gasteiger partial charge in [-0.1, -0.05) is 6.92 Å². The topological polar surface area (TPSA) is 95.2 Å². The number of aromatic amines is 1. The molecule has 1 fully saturated rings. The number of sulfonamides is 1. The molecule has 0 saturated carbocycles. The van der Waals surface area contributed by atoms with E-state index in [4.69, 9.17) is 0 Å². The Bertz CT molecular complexity index is 522. The van der Waals surface area contributed by atoms with Crippen molar-refractivity contribution >= 4 is 15.9 Å². The van der Waals surface area contributed by atoms with Crippen LogP contribution in [0.4, 0.5) is 0 Å². The molecule has 2 rings (SSSR count). The van der Waals surface area contributed by atoms with Crippen LogP contribution in [0.25, 0.3) is 0 Å². The number of aryl methyl sites for hydroxylation is 1. The van der Waals surface area contributed by atoms with Crippen LogP contribution in [0.15, 0.2) is 11.2 Å². The lowest BCUT2D eigenvalue weighted by Crippen LogP contribution is -2.49. The molecule has 1 saturated heterocycles. The minimum Gasteiger partial charge on any atom is -0.354 e. The van der Waals surface area contributed by atoms with E-state index in [1.807, 2.05) is 6.92 Å². The molecule has 1 aliphatic heterocycles. The standard InChI is InChI=1S/C9H14N4O3S/c1-2-7-11-5-9(12-7)17(15,16)13-4-3-10-8(14)6-13/h5H,2-4,6H2,1H3,(H,10,14)(H,11,12). The van der Waals surface area contributed by atoms with Crippen LogP contribution in [0.2, 0.25) is 0 Å². The predicted molar refractivity (Wildman–Crippen MR) is 59.7 cm³/mol. The zero-order valence-corrected chi connectivity index (χ0v) is 10.2. The van der Waals surface area contributed by atoms with Crippen molar-refractivity contribution in [2.24, 2.45) is 0 Å². The molecule has 2 heterocycles. The van der Waals surface area contributed by atoms with E-state index in [0.29, 0.717) is 18.8 Å². The zero-order valence-electron chi connectivity index (χ0n) is 9.43. The number of nitrogens with one attached hydrogen (secondary N) is 2. The summed E-state index contributed by atoms with van der Waals surface area (Å²) in [5, 5.41) is 2.63. The smallest absolute Gasteiger partial charge is 0.260 e. The fraction of sp³-hybridized carbons (Fsp3) is 0.556. The second-order valence-electron chi connectivity index (χ2n) is 3.74. The molecule has 2 N–H and O–H groups in total. The molecule has 94 valence electrons. The molecule has 8 heteroatoms. The van der Waals surface area contributed by atoms with Gasteiger partial charge in [0.1, 0.15) is 5.82 Å². The Morgan fingerprint density at radius 2 is 2.29 bits per heavy atom. The van der Waals surface area contributed by atoms with Crippen molar-refractivity contribution in [3.05, 3.63) is 12.0 Å². The highest BCUT2D eigenvalue weighted by molar-refractivity contribution is 7.89. The summed E-state index contributed by atoms with van der Waals surface area (Å²) in [5.74, 6) is 0.333. The quantitative estimate of drug-likeness (QED) is 0.734. The normalized spacial score (nSPS) is 18.1. The maximum atomic E-state index is 12.1. The Kier molecular flexibility index (Phi) is 3.16. The van der Waals surface area contributed by atoms with Crippen molar-refractivity contribution in [2.45, 2.75) is 18.4 Å². The highest BCUT2D eigenvalue weighted by atomic mass is 32.2. The number of H-pyrrole nitrogens is 1. The summed E-state index contributed by atoms with van der Waals surface area (Å²) < 4.78 is 25.4. The molecular weight excluding hydrogens is 244 g/mol. The van der Waals surface area contributed by atoms with Crippen molar-refractivity contribution in [1.29, 1.82) is 0 Å². The Morgan fingerprint density at radius 3 is 2.88 bits per heavy atom. The second-order valence-corrected chi connectivity index (χ2v) is 5.64. The number of carbonyl (C=O) groups is 1. The van der Waals surface area contributed by atoms with Gasteiger partial charge in [0.15, 0.2) is 5.03 Å². The third kappa shape index (κ3) is 2.32. The lowest BCUT2D eigenvalue weighted by molar-refractivity contribution is -0.122. The van der Waals surface area contributed by atoms with Gasteiger partial charge in [-0.05, 0) is 0 Å². The van der Waals surface area contributed by atoms with E-state index >= 15 is 0 Å². The zero-order chi connectivity index (χ0) is 12.5. The largest absolute Gasteiger partial charge is 0.354 e. The van der Waals surface area contributed by atoms with E-state index in [0.717, 1.165) is 4.31 Å². The van der Waals surface area contributed by atoms with Crippen molar-refractivity contribution in [3.8, 4) is 0 Å². The number of nitrogens with zero attached hydrogens (tertiary/aromatic N) is 2. The van der Waals surface area contributed by atoms with Gasteiger partial charge in [0.25, 0.3) is 10.0 Å². The SMILES string of the molecule is CCc1ncc(S(=O)(=O)N2CCNC(=O)C2)[nH]1. The monoisotopic (exact) mass is 258 g/mol. The first-order valence-corrected chi connectivity index (χ1v) is 6.78. The Hall–Kier alpha value is -1.41. The van der Waals surface area contributed by atoms with Gasteiger partial charge in [-0.3, -0.25) is 4.79 Å². The van der Waals surface area contributed by atoms with Crippen molar-refractivity contribution in [1.82, 2.24) is 19.6 Å². The summed E-state index contributed by atoms with van der Waals surface area (Å²) in [7, 11) is -3.63. The first-order chi connectivity index (χ1) is 8.04. The van der Waals surface area contributed by atoms with Crippen molar-refractivity contribution in [3.63, 3.8) is 0 Å². The second kappa shape index (κ2) is 4.46. The van der Waals surface area contributed by atoms with Gasteiger partial charge in [-0.15, -0.1) is 0 Å². The van der Waals surface area contributed by atoms with Crippen LogP contribution in [0.3, 0.4) is 0 Å². The predicted octanol–water partition coefficient (Wildman–Crippen LogP) is -0.907. The van der Waals surface area contributed by atoms with Gasteiger partial charge in [-0.25, -0.2) is 13.4 Å². The van der Waals surface area contributed by atoms with E-state index in [-0.39, 0.29) is 24.0 Å². The number of hydrogen-bond acceptors (Lipinski definition) is 4. The first kappa shape index (κ1) is 12.1. The van der Waals surface area contributed by atoms with Gasteiger partial charge in [0.2, 0.25) is 5.91 Å². The van der Waals surface area contributed by atoms with E-state index in [9.17, 15) is 13.2 Å². The average Bonchev–Trinajstić information content (AvgIpc) is 2.78. The lowest BCUT2D eigenvalue weighted by atomic mass is 10.4. The highest BCUT2D eigenvalue weighted by Crippen LogP contribution is 2.14. The van der Waals surface area contributed by atoms with Crippen molar-refractivity contribution in [2.75, 3.05) is 19.6 Å². The minimum atomic E-state index is -3.63. The molecule has 1 aliphatic rings. The number of hydrogen-bond donors (Lipinski definition) is 2. The fourth-order valence-corrected chi connectivity index (χ4v) is 2.94. The molecular formula is C9H14N4O3S. The Balaban J connectivity index is 2.26. The third-order valence-electron chi connectivity index (χ3n) is 2.56. The van der Waals surface area contributed by atoms with Crippen LogP contribution in [0.5, 0.6) is 0 Å². The molecule has 0 aromatic carbocycles. The van der Waals surface area contributed by atoms with Crippen molar-refractivity contribution < 1.29 is 13.2 Å². The van der Waals surface area contributed by atoms with Gasteiger partial charge < -0.3 is 10.3 Å². The van der Waals surface area contributed by atoms with Crippen LogP contribution in [-0.2, 0) is 21.2 Å². The molecule has 0 unspecified atom stereocenters. The summed E-state index contributed by atoms with van der Waals surface area (Å²) in [5.41, 5.74) is 0. The molecule has 0 atom stereocenters. The van der Waals surface area contributed by atoms with Gasteiger partial charge >= 0.3 is 0 Å². The maximum Gasteiger partial charge on any atom is 0.260 e. The number of carbonyl (C=O) groups excluding carboxylic acids is 1. The van der Waals surface area contributed by atoms with E-state index in [2.05, 4.69) is 15.3 Å². The molecule has 0 aliphatic carbocycles. The molecule has 1 amide bonds. The molecule has 17 heavy (non-hydrogen) atoms. The summed E-state index contributed by atoms with van der Waals surface area (Å²) in [4.78, 5) is 17.9. The fourth-order valence-electron chi connectivity index (χ4n) is 1.61. The molecule has 1 aromatic heterocycles. The first-order valence-electron chi connectivity index (χ1n) is 5.34. The number of imidazole rings is 1. The summed E-state index contributed by atoms with van der Waals surface area (Å²) in [6.07, 6.45) is 1.93. The number of aromatic nitrogens is 2. The van der Waals surface area contributed by atoms with E-state index in [1.165, 1.54) is 6.20 Å². The van der Waals surface area contributed by atoms with Crippen LogP contribution < -0.4 is 5.32 Å². The molecule has 1 aromatic rings. The molecule has 0 bridgehead atoms. The minimum absolute atomic E-state index is 0.0454. The van der Waals surface area contributed by atoms with Gasteiger partial charge in [-0.2, -0.15) is 4.31 Å². The van der Waals surface area contributed by atoms with Gasteiger partial charge in [0, 0.05) is 19.5 Å². The lowest BCUT2D eigenvalue weighted by Gasteiger charge is -2.24. The van der Waals surface area contributed by atoms with E-state index < -0.39 is 10.0 Å². The number of rotatable bonds is 3. The Labute approximate surface area is 99.3 Å². The van der Waals surface area contributed by atoms with Crippen LogP contribution in [0.1, 0.15) is 12.7 Å². The molecule has 0 spiro atoms. The average molecular weight is 258 g/mol. The summed E-state index contributed by atoms with van der Waals surface area (Å²) in [6.45, 7) is 2.37. The van der Waals surface area contributed by atoms with Crippen LogP contribution in [-0.4, -0.2) is 48.2 Å². The summed E-state index contributed by atoms with van der Waals surface area (Å²) >= 11 is 0. The molecule has 7 nitrogen and oxygen atoms in total. The maximum absolute atomic E-state index is 12.1. The van der Waals surface area contributed by atoms with Crippen LogP contribution >= 0.6 is 0 Å². The molecule has 0 radical (unpaired) electrons.